The Hall–Kier alpha value is -2.00. The van der Waals surface area contributed by atoms with E-state index in [1.54, 1.807) is 0 Å². The summed E-state index contributed by atoms with van der Waals surface area (Å²) in [5.41, 5.74) is 6.63. The maximum Gasteiger partial charge on any atom is 0.161 e. The Morgan fingerprint density at radius 3 is 2.33 bits per heavy atom. The van der Waals surface area contributed by atoms with Gasteiger partial charge < -0.3 is 14.8 Å². The van der Waals surface area contributed by atoms with Crippen LogP contribution in [-0.4, -0.2) is 19.8 Å². The zero-order valence-corrected chi connectivity index (χ0v) is 15.1. The van der Waals surface area contributed by atoms with Gasteiger partial charge in [0.1, 0.15) is 0 Å². The molecule has 3 heteroatoms. The van der Waals surface area contributed by atoms with Gasteiger partial charge in [-0.15, -0.1) is 0 Å². The van der Waals surface area contributed by atoms with E-state index in [-0.39, 0.29) is 6.04 Å². The van der Waals surface area contributed by atoms with E-state index < -0.39 is 0 Å². The SMILES string of the molecule is CCOc1cc2c(cc1OCC)[C@@H](c1ccc(C)cc1C)NCC2. The number of benzene rings is 2. The minimum Gasteiger partial charge on any atom is -0.490 e. The molecule has 0 saturated heterocycles. The number of aryl methyl sites for hydroxylation is 2. The lowest BCUT2D eigenvalue weighted by Crippen LogP contribution is -2.31. The molecule has 0 saturated carbocycles. The van der Waals surface area contributed by atoms with Crippen molar-refractivity contribution in [3.8, 4) is 11.5 Å². The molecule has 0 fully saturated rings. The Bertz CT molecular complexity index is 724. The molecular formula is C21H27NO2. The predicted octanol–water partition coefficient (Wildman–Crippen LogP) is 4.34. The van der Waals surface area contributed by atoms with Crippen LogP contribution in [0.3, 0.4) is 0 Å². The second-order valence-electron chi connectivity index (χ2n) is 6.36. The molecule has 3 nitrogen and oxygen atoms in total. The fourth-order valence-corrected chi connectivity index (χ4v) is 3.53. The Morgan fingerprint density at radius 1 is 0.958 bits per heavy atom. The Morgan fingerprint density at radius 2 is 1.67 bits per heavy atom. The smallest absolute Gasteiger partial charge is 0.161 e. The molecule has 1 N–H and O–H groups in total. The quantitative estimate of drug-likeness (QED) is 0.887. The molecule has 0 unspecified atom stereocenters. The van der Waals surface area contributed by atoms with E-state index in [0.29, 0.717) is 13.2 Å². The maximum atomic E-state index is 5.84. The van der Waals surface area contributed by atoms with Crippen molar-refractivity contribution in [3.05, 3.63) is 58.1 Å². The molecule has 0 aromatic heterocycles. The number of fused-ring (bicyclic) bond motifs is 1. The van der Waals surface area contributed by atoms with Crippen LogP contribution < -0.4 is 14.8 Å². The summed E-state index contributed by atoms with van der Waals surface area (Å²) in [5, 5.41) is 3.68. The molecule has 1 heterocycles. The molecular weight excluding hydrogens is 298 g/mol. The second kappa shape index (κ2) is 7.27. The summed E-state index contributed by atoms with van der Waals surface area (Å²) in [6, 6.07) is 11.2. The van der Waals surface area contributed by atoms with Crippen molar-refractivity contribution >= 4 is 0 Å². The first-order valence-electron chi connectivity index (χ1n) is 8.87. The minimum absolute atomic E-state index is 0.212. The van der Waals surface area contributed by atoms with Gasteiger partial charge in [-0.2, -0.15) is 0 Å². The fraction of sp³-hybridized carbons (Fsp3) is 0.429. The van der Waals surface area contributed by atoms with Gasteiger partial charge in [0, 0.05) is 6.54 Å². The van der Waals surface area contributed by atoms with Gasteiger partial charge in [0.05, 0.1) is 19.3 Å². The third kappa shape index (κ3) is 3.27. The average molecular weight is 325 g/mol. The zero-order valence-electron chi connectivity index (χ0n) is 15.1. The molecule has 0 bridgehead atoms. The summed E-state index contributed by atoms with van der Waals surface area (Å²) in [5.74, 6) is 1.70. The van der Waals surface area contributed by atoms with E-state index in [1.807, 2.05) is 13.8 Å². The molecule has 2 aromatic rings. The number of rotatable bonds is 5. The van der Waals surface area contributed by atoms with E-state index in [2.05, 4.69) is 49.5 Å². The zero-order chi connectivity index (χ0) is 17.1. The molecule has 3 rings (SSSR count). The van der Waals surface area contributed by atoms with Crippen molar-refractivity contribution in [1.29, 1.82) is 0 Å². The van der Waals surface area contributed by atoms with Gasteiger partial charge in [-0.25, -0.2) is 0 Å². The minimum atomic E-state index is 0.212. The van der Waals surface area contributed by atoms with Crippen molar-refractivity contribution in [2.24, 2.45) is 0 Å². The van der Waals surface area contributed by atoms with E-state index in [9.17, 15) is 0 Å². The van der Waals surface area contributed by atoms with Gasteiger partial charge in [0.15, 0.2) is 11.5 Å². The van der Waals surface area contributed by atoms with E-state index in [0.717, 1.165) is 24.5 Å². The molecule has 0 radical (unpaired) electrons. The summed E-state index contributed by atoms with van der Waals surface area (Å²) in [7, 11) is 0. The van der Waals surface area contributed by atoms with Crippen molar-refractivity contribution in [2.45, 2.75) is 40.2 Å². The Labute approximate surface area is 145 Å². The lowest BCUT2D eigenvalue weighted by atomic mass is 9.87. The number of hydrogen-bond acceptors (Lipinski definition) is 3. The normalized spacial score (nSPS) is 16.6. The standard InChI is InChI=1S/C21H27NO2/c1-5-23-19-12-16-9-10-22-21(18(16)13-20(19)24-6-2)17-8-7-14(3)11-15(17)4/h7-8,11-13,21-22H,5-6,9-10H2,1-4H3/t21-/m1/s1. The number of nitrogens with one attached hydrogen (secondary N) is 1. The maximum absolute atomic E-state index is 5.84. The highest BCUT2D eigenvalue weighted by Crippen LogP contribution is 2.38. The fourth-order valence-electron chi connectivity index (χ4n) is 3.53. The summed E-state index contributed by atoms with van der Waals surface area (Å²) >= 11 is 0. The van der Waals surface area contributed by atoms with Crippen molar-refractivity contribution in [3.63, 3.8) is 0 Å². The van der Waals surface area contributed by atoms with Crippen molar-refractivity contribution in [1.82, 2.24) is 5.32 Å². The van der Waals surface area contributed by atoms with Gasteiger partial charge in [0.2, 0.25) is 0 Å². The highest BCUT2D eigenvalue weighted by Gasteiger charge is 2.25. The van der Waals surface area contributed by atoms with Crippen LogP contribution in [0.1, 0.15) is 47.7 Å². The molecule has 0 amide bonds. The molecule has 0 spiro atoms. The molecule has 1 aliphatic heterocycles. The third-order valence-electron chi connectivity index (χ3n) is 4.60. The molecule has 1 aliphatic rings. The number of hydrogen-bond donors (Lipinski definition) is 1. The van der Waals surface area contributed by atoms with Crippen LogP contribution in [0.15, 0.2) is 30.3 Å². The first-order chi connectivity index (χ1) is 11.6. The first kappa shape index (κ1) is 16.8. The van der Waals surface area contributed by atoms with Crippen molar-refractivity contribution in [2.75, 3.05) is 19.8 Å². The number of ether oxygens (including phenoxy) is 2. The summed E-state index contributed by atoms with van der Waals surface area (Å²) < 4.78 is 11.6. The summed E-state index contributed by atoms with van der Waals surface area (Å²) in [4.78, 5) is 0. The van der Waals surface area contributed by atoms with Crippen LogP contribution in [-0.2, 0) is 6.42 Å². The highest BCUT2D eigenvalue weighted by atomic mass is 16.5. The van der Waals surface area contributed by atoms with Gasteiger partial charge in [-0.3, -0.25) is 0 Å². The molecule has 2 aromatic carbocycles. The molecule has 24 heavy (non-hydrogen) atoms. The largest absolute Gasteiger partial charge is 0.490 e. The molecule has 128 valence electrons. The van der Waals surface area contributed by atoms with Gasteiger partial charge >= 0.3 is 0 Å². The van der Waals surface area contributed by atoms with Crippen LogP contribution >= 0.6 is 0 Å². The lowest BCUT2D eigenvalue weighted by Gasteiger charge is -2.30. The third-order valence-corrected chi connectivity index (χ3v) is 4.60. The molecule has 1 atom stereocenters. The molecule has 0 aliphatic carbocycles. The van der Waals surface area contributed by atoms with Crippen molar-refractivity contribution < 1.29 is 9.47 Å². The Balaban J connectivity index is 2.07. The van der Waals surface area contributed by atoms with Crippen LogP contribution in [0.5, 0.6) is 11.5 Å². The van der Waals surface area contributed by atoms with Gasteiger partial charge in [-0.05, 0) is 68.5 Å². The average Bonchev–Trinajstić information content (AvgIpc) is 2.56. The van der Waals surface area contributed by atoms with Crippen LogP contribution in [0.25, 0.3) is 0 Å². The van der Waals surface area contributed by atoms with Crippen LogP contribution in [0.2, 0.25) is 0 Å². The summed E-state index contributed by atoms with van der Waals surface area (Å²) in [6.45, 7) is 10.6. The highest BCUT2D eigenvalue weighted by molar-refractivity contribution is 5.52. The summed E-state index contributed by atoms with van der Waals surface area (Å²) in [6.07, 6.45) is 1.02. The van der Waals surface area contributed by atoms with E-state index >= 15 is 0 Å². The van der Waals surface area contributed by atoms with Crippen LogP contribution in [0.4, 0.5) is 0 Å². The van der Waals surface area contributed by atoms with Gasteiger partial charge in [0.25, 0.3) is 0 Å². The van der Waals surface area contributed by atoms with Crippen LogP contribution in [0, 0.1) is 13.8 Å². The van der Waals surface area contributed by atoms with E-state index in [1.165, 1.54) is 27.8 Å². The van der Waals surface area contributed by atoms with E-state index in [4.69, 9.17) is 9.47 Å². The predicted molar refractivity (Wildman–Crippen MR) is 98.2 cm³/mol. The monoisotopic (exact) mass is 325 g/mol. The topological polar surface area (TPSA) is 30.5 Å². The Kier molecular flexibility index (Phi) is 5.10. The van der Waals surface area contributed by atoms with Gasteiger partial charge in [-0.1, -0.05) is 23.8 Å². The first-order valence-corrected chi connectivity index (χ1v) is 8.87. The second-order valence-corrected chi connectivity index (χ2v) is 6.36. The lowest BCUT2D eigenvalue weighted by molar-refractivity contribution is 0.286.